The van der Waals surface area contributed by atoms with Crippen molar-refractivity contribution < 1.29 is 13.2 Å². The number of rotatable bonds is 4. The number of sulfonamides is 1. The average Bonchev–Trinajstić information content (AvgIpc) is 2.52. The Labute approximate surface area is 130 Å². The fourth-order valence-corrected chi connectivity index (χ4v) is 3.09. The number of piperidine rings is 1. The van der Waals surface area contributed by atoms with Crippen LogP contribution in [-0.4, -0.2) is 45.1 Å². The summed E-state index contributed by atoms with van der Waals surface area (Å²) in [5, 5.41) is 8.77. The van der Waals surface area contributed by atoms with Gasteiger partial charge in [-0.2, -0.15) is 5.26 Å². The first kappa shape index (κ1) is 16.5. The Morgan fingerprint density at radius 2 is 2.09 bits per heavy atom. The van der Waals surface area contributed by atoms with Crippen molar-refractivity contribution in [3.8, 4) is 6.07 Å². The van der Waals surface area contributed by atoms with E-state index in [0.717, 1.165) is 19.1 Å². The Balaban J connectivity index is 1.99. The van der Waals surface area contributed by atoms with E-state index in [9.17, 15) is 13.2 Å². The summed E-state index contributed by atoms with van der Waals surface area (Å²) in [7, 11) is -3.21. The van der Waals surface area contributed by atoms with Crippen LogP contribution >= 0.6 is 0 Å². The van der Waals surface area contributed by atoms with Crippen LogP contribution in [0.25, 0.3) is 0 Å². The second kappa shape index (κ2) is 6.90. The molecule has 0 radical (unpaired) electrons. The number of hydrogen-bond acceptors (Lipinski definition) is 4. The van der Waals surface area contributed by atoms with Gasteiger partial charge in [0.25, 0.3) is 5.91 Å². The highest BCUT2D eigenvalue weighted by molar-refractivity contribution is 7.88. The molecule has 118 valence electrons. The number of hydrogen-bond donors (Lipinski definition) is 1. The minimum absolute atomic E-state index is 0.0754. The van der Waals surface area contributed by atoms with Gasteiger partial charge in [-0.15, -0.1) is 0 Å². The van der Waals surface area contributed by atoms with E-state index >= 15 is 0 Å². The standard InChI is InChI=1S/C15H19N3O3S/c1-22(20,21)17-10-13-3-2-8-18(11-13)15(19)14-6-4-12(9-16)5-7-14/h4-7,13,17H,2-3,8,10-11H2,1H3/t13-/m0/s1. The molecule has 1 heterocycles. The van der Waals surface area contributed by atoms with Crippen molar-refractivity contribution in [3.63, 3.8) is 0 Å². The van der Waals surface area contributed by atoms with Gasteiger partial charge in [0.1, 0.15) is 0 Å². The number of nitrogens with zero attached hydrogens (tertiary/aromatic N) is 2. The van der Waals surface area contributed by atoms with Crippen molar-refractivity contribution in [2.75, 3.05) is 25.9 Å². The van der Waals surface area contributed by atoms with Crippen LogP contribution in [0.3, 0.4) is 0 Å². The molecule has 1 aliphatic heterocycles. The summed E-state index contributed by atoms with van der Waals surface area (Å²) < 4.78 is 24.8. The van der Waals surface area contributed by atoms with Crippen LogP contribution in [0.2, 0.25) is 0 Å². The van der Waals surface area contributed by atoms with Crippen molar-refractivity contribution in [2.24, 2.45) is 5.92 Å². The van der Waals surface area contributed by atoms with Crippen LogP contribution in [-0.2, 0) is 10.0 Å². The fraction of sp³-hybridized carbons (Fsp3) is 0.467. The first-order chi connectivity index (χ1) is 10.4. The van der Waals surface area contributed by atoms with E-state index in [1.165, 1.54) is 0 Å². The molecule has 22 heavy (non-hydrogen) atoms. The largest absolute Gasteiger partial charge is 0.338 e. The van der Waals surface area contributed by atoms with Crippen molar-refractivity contribution >= 4 is 15.9 Å². The maximum Gasteiger partial charge on any atom is 0.253 e. The molecule has 7 heteroatoms. The lowest BCUT2D eigenvalue weighted by Crippen LogP contribution is -2.43. The highest BCUT2D eigenvalue weighted by Gasteiger charge is 2.24. The van der Waals surface area contributed by atoms with Gasteiger partial charge in [0, 0.05) is 25.2 Å². The van der Waals surface area contributed by atoms with Gasteiger partial charge in [0.15, 0.2) is 0 Å². The molecule has 1 N–H and O–H groups in total. The SMILES string of the molecule is CS(=O)(=O)NC[C@@H]1CCCN(C(=O)c2ccc(C#N)cc2)C1. The molecular formula is C15H19N3O3S. The third kappa shape index (κ3) is 4.55. The monoisotopic (exact) mass is 321 g/mol. The maximum atomic E-state index is 12.5. The van der Waals surface area contributed by atoms with Gasteiger partial charge in [0.2, 0.25) is 10.0 Å². The fourth-order valence-electron chi connectivity index (χ4n) is 2.56. The molecule has 0 saturated carbocycles. The Morgan fingerprint density at radius 1 is 1.41 bits per heavy atom. The maximum absolute atomic E-state index is 12.5. The quantitative estimate of drug-likeness (QED) is 0.894. The van der Waals surface area contributed by atoms with E-state index in [0.29, 0.717) is 30.8 Å². The first-order valence-electron chi connectivity index (χ1n) is 7.13. The normalized spacial score (nSPS) is 18.7. The lowest BCUT2D eigenvalue weighted by molar-refractivity contribution is 0.0676. The average molecular weight is 321 g/mol. The molecule has 0 unspecified atom stereocenters. The summed E-state index contributed by atoms with van der Waals surface area (Å²) in [5.41, 5.74) is 1.07. The molecule has 1 aromatic carbocycles. The van der Waals surface area contributed by atoms with Crippen LogP contribution in [0.15, 0.2) is 24.3 Å². The Kier molecular flexibility index (Phi) is 5.16. The summed E-state index contributed by atoms with van der Waals surface area (Å²) in [4.78, 5) is 14.2. The zero-order chi connectivity index (χ0) is 16.2. The van der Waals surface area contributed by atoms with Gasteiger partial charge in [0.05, 0.1) is 17.9 Å². The molecule has 1 fully saturated rings. The molecule has 1 amide bonds. The summed E-state index contributed by atoms with van der Waals surface area (Å²) in [6.45, 7) is 1.57. The summed E-state index contributed by atoms with van der Waals surface area (Å²) in [5.74, 6) is 0.0550. The number of nitrogens with one attached hydrogen (secondary N) is 1. The van der Waals surface area contributed by atoms with Gasteiger partial charge in [-0.1, -0.05) is 0 Å². The topological polar surface area (TPSA) is 90.3 Å². The highest BCUT2D eigenvalue weighted by Crippen LogP contribution is 2.18. The lowest BCUT2D eigenvalue weighted by atomic mass is 9.97. The van der Waals surface area contributed by atoms with Crippen molar-refractivity contribution in [1.29, 1.82) is 5.26 Å². The Morgan fingerprint density at radius 3 is 2.68 bits per heavy atom. The van der Waals surface area contributed by atoms with Crippen molar-refractivity contribution in [3.05, 3.63) is 35.4 Å². The van der Waals surface area contributed by atoms with E-state index in [2.05, 4.69) is 4.72 Å². The van der Waals surface area contributed by atoms with Gasteiger partial charge in [-0.05, 0) is 43.0 Å². The highest BCUT2D eigenvalue weighted by atomic mass is 32.2. The minimum atomic E-state index is -3.21. The summed E-state index contributed by atoms with van der Waals surface area (Å²) in [6.07, 6.45) is 2.90. The van der Waals surface area contributed by atoms with Crippen LogP contribution in [0.4, 0.5) is 0 Å². The minimum Gasteiger partial charge on any atom is -0.338 e. The predicted molar refractivity (Wildman–Crippen MR) is 82.6 cm³/mol. The van der Waals surface area contributed by atoms with E-state index in [4.69, 9.17) is 5.26 Å². The second-order valence-corrected chi connectivity index (χ2v) is 7.40. The summed E-state index contributed by atoms with van der Waals surface area (Å²) >= 11 is 0. The van der Waals surface area contributed by atoms with Crippen LogP contribution in [0.5, 0.6) is 0 Å². The van der Waals surface area contributed by atoms with Crippen molar-refractivity contribution in [2.45, 2.75) is 12.8 Å². The van der Waals surface area contributed by atoms with Gasteiger partial charge < -0.3 is 4.90 Å². The Bertz CT molecular complexity index is 677. The molecule has 0 aliphatic carbocycles. The van der Waals surface area contributed by atoms with E-state index in [1.54, 1.807) is 29.2 Å². The van der Waals surface area contributed by atoms with Gasteiger partial charge in [-0.25, -0.2) is 13.1 Å². The molecule has 1 aromatic rings. The number of benzene rings is 1. The Hall–Kier alpha value is -1.91. The molecule has 2 rings (SSSR count). The molecule has 1 saturated heterocycles. The van der Waals surface area contributed by atoms with Gasteiger partial charge in [-0.3, -0.25) is 4.79 Å². The molecular weight excluding hydrogens is 302 g/mol. The summed E-state index contributed by atoms with van der Waals surface area (Å²) in [6, 6.07) is 8.57. The first-order valence-corrected chi connectivity index (χ1v) is 9.02. The zero-order valence-electron chi connectivity index (χ0n) is 12.4. The molecule has 1 atom stereocenters. The van der Waals surface area contributed by atoms with Crippen LogP contribution in [0, 0.1) is 17.2 Å². The number of likely N-dealkylation sites (tertiary alicyclic amines) is 1. The molecule has 0 aromatic heterocycles. The van der Waals surface area contributed by atoms with Crippen molar-refractivity contribution in [1.82, 2.24) is 9.62 Å². The molecule has 0 bridgehead atoms. The third-order valence-corrected chi connectivity index (χ3v) is 4.39. The number of carbonyl (C=O) groups is 1. The molecule has 6 nitrogen and oxygen atoms in total. The number of nitriles is 1. The zero-order valence-corrected chi connectivity index (χ0v) is 13.3. The lowest BCUT2D eigenvalue weighted by Gasteiger charge is -2.32. The second-order valence-electron chi connectivity index (χ2n) is 5.57. The van der Waals surface area contributed by atoms with Crippen LogP contribution < -0.4 is 4.72 Å². The number of amides is 1. The molecule has 1 aliphatic rings. The smallest absolute Gasteiger partial charge is 0.253 e. The molecule has 0 spiro atoms. The number of carbonyl (C=O) groups excluding carboxylic acids is 1. The van der Waals surface area contributed by atoms with E-state index in [1.807, 2.05) is 6.07 Å². The third-order valence-electron chi connectivity index (χ3n) is 3.70. The van der Waals surface area contributed by atoms with Crippen LogP contribution in [0.1, 0.15) is 28.8 Å². The van der Waals surface area contributed by atoms with E-state index in [-0.39, 0.29) is 11.8 Å². The predicted octanol–water partition coefficient (Wildman–Crippen LogP) is 0.960. The van der Waals surface area contributed by atoms with E-state index < -0.39 is 10.0 Å². The van der Waals surface area contributed by atoms with Gasteiger partial charge >= 0.3 is 0 Å².